The first-order chi connectivity index (χ1) is 8.84. The number of fused-ring (bicyclic) bond motifs is 1. The van der Waals surface area contributed by atoms with Gasteiger partial charge in [0.15, 0.2) is 11.4 Å². The lowest BCUT2D eigenvalue weighted by Gasteiger charge is -2.06. The minimum Gasteiger partial charge on any atom is -0.461 e. The maximum atomic E-state index is 12.9. The lowest BCUT2D eigenvalue weighted by atomic mass is 10.3. The van der Waals surface area contributed by atoms with Gasteiger partial charge in [-0.1, -0.05) is 0 Å². The van der Waals surface area contributed by atoms with Gasteiger partial charge < -0.3 is 4.74 Å². The number of nitrogens with zero attached hydrogens (tertiary/aromatic N) is 3. The smallest absolute Gasteiger partial charge is 0.435 e. The molecule has 5 nitrogen and oxygen atoms in total. The van der Waals surface area contributed by atoms with Gasteiger partial charge in [-0.3, -0.25) is 4.40 Å². The van der Waals surface area contributed by atoms with E-state index in [9.17, 15) is 18.0 Å². The first-order valence-corrected chi connectivity index (χ1v) is 5.43. The second-order valence-electron chi connectivity index (χ2n) is 3.83. The lowest BCUT2D eigenvalue weighted by molar-refractivity contribution is -0.141. The molecule has 0 aliphatic heterocycles. The van der Waals surface area contributed by atoms with Crippen molar-refractivity contribution in [2.75, 3.05) is 6.61 Å². The van der Waals surface area contributed by atoms with Crippen molar-refractivity contribution in [3.05, 3.63) is 29.3 Å². The van der Waals surface area contributed by atoms with Gasteiger partial charge in [0.2, 0.25) is 5.78 Å². The molecule has 0 aliphatic carbocycles. The molecule has 0 unspecified atom stereocenters. The Balaban J connectivity index is 2.74. The van der Waals surface area contributed by atoms with Crippen LogP contribution in [0.1, 0.15) is 28.7 Å². The number of rotatable bonds is 2. The molecule has 0 spiro atoms. The highest BCUT2D eigenvalue weighted by molar-refractivity contribution is 5.90. The maximum Gasteiger partial charge on any atom is 0.435 e. The van der Waals surface area contributed by atoms with E-state index in [-0.39, 0.29) is 12.4 Å². The van der Waals surface area contributed by atoms with E-state index in [2.05, 4.69) is 14.7 Å². The molecule has 2 heterocycles. The van der Waals surface area contributed by atoms with E-state index in [1.807, 2.05) is 0 Å². The zero-order chi connectivity index (χ0) is 14.2. The predicted octanol–water partition coefficient (Wildman–Crippen LogP) is 2.23. The molecule has 0 saturated heterocycles. The highest BCUT2D eigenvalue weighted by Gasteiger charge is 2.41. The van der Waals surface area contributed by atoms with Gasteiger partial charge in [0.05, 0.1) is 6.61 Å². The molecule has 0 amide bonds. The summed E-state index contributed by atoms with van der Waals surface area (Å²) in [6.45, 7) is 3.13. The van der Waals surface area contributed by atoms with Crippen molar-refractivity contribution in [1.29, 1.82) is 0 Å². The molecule has 0 saturated carbocycles. The molecule has 0 radical (unpaired) electrons. The molecule has 0 bridgehead atoms. The Morgan fingerprint density at radius 2 is 2.16 bits per heavy atom. The monoisotopic (exact) mass is 273 g/mol. The number of aromatic nitrogens is 3. The fourth-order valence-electron chi connectivity index (χ4n) is 1.62. The Morgan fingerprint density at radius 1 is 1.47 bits per heavy atom. The molecule has 0 N–H and O–H groups in total. The number of ether oxygens (including phenoxy) is 1. The summed E-state index contributed by atoms with van der Waals surface area (Å²) in [7, 11) is 0. The van der Waals surface area contributed by atoms with Crippen LogP contribution in [0.2, 0.25) is 0 Å². The van der Waals surface area contributed by atoms with Gasteiger partial charge in [-0.05, 0) is 19.4 Å². The van der Waals surface area contributed by atoms with Crippen LogP contribution in [0.15, 0.2) is 12.4 Å². The molecule has 0 fully saturated rings. The Bertz CT molecular complexity index is 634. The van der Waals surface area contributed by atoms with Crippen molar-refractivity contribution in [2.45, 2.75) is 20.0 Å². The van der Waals surface area contributed by atoms with Gasteiger partial charge in [-0.15, -0.1) is 0 Å². The number of carbonyl (C=O) groups excluding carboxylic acids is 1. The van der Waals surface area contributed by atoms with Crippen LogP contribution in [-0.2, 0) is 10.9 Å². The topological polar surface area (TPSA) is 56.5 Å². The minimum atomic E-state index is -4.75. The normalized spacial score (nSPS) is 11.8. The number of aryl methyl sites for hydroxylation is 1. The van der Waals surface area contributed by atoms with Crippen LogP contribution in [0.25, 0.3) is 5.78 Å². The Morgan fingerprint density at radius 3 is 2.74 bits per heavy atom. The van der Waals surface area contributed by atoms with Crippen molar-refractivity contribution in [3.63, 3.8) is 0 Å². The number of hydrogen-bond acceptors (Lipinski definition) is 4. The third-order valence-corrected chi connectivity index (χ3v) is 2.35. The van der Waals surface area contributed by atoms with E-state index >= 15 is 0 Å². The molecule has 0 aromatic carbocycles. The molecule has 102 valence electrons. The zero-order valence-electron chi connectivity index (χ0n) is 10.2. The Kier molecular flexibility index (Phi) is 3.17. The molecule has 8 heteroatoms. The highest BCUT2D eigenvalue weighted by Crippen LogP contribution is 2.32. The first-order valence-electron chi connectivity index (χ1n) is 5.43. The average molecular weight is 273 g/mol. The Labute approximate surface area is 106 Å². The van der Waals surface area contributed by atoms with Gasteiger partial charge in [0.25, 0.3) is 0 Å². The SMILES string of the molecule is CCOC(=O)c1c(C(F)(F)F)nc2ncc(C)cn12. The second kappa shape index (κ2) is 4.52. The molecule has 2 aromatic rings. The van der Waals surface area contributed by atoms with Crippen LogP contribution in [0.5, 0.6) is 0 Å². The standard InChI is InChI=1S/C11H10F3N3O2/c1-3-19-9(18)7-8(11(12,13)14)16-10-15-4-6(2)5-17(7)10/h4-5H,3H2,1-2H3. The van der Waals surface area contributed by atoms with Gasteiger partial charge in [0.1, 0.15) is 0 Å². The fraction of sp³-hybridized carbons (Fsp3) is 0.364. The third kappa shape index (κ3) is 2.38. The Hall–Kier alpha value is -2.12. The minimum absolute atomic E-state index is 0.0252. The number of alkyl halides is 3. The summed E-state index contributed by atoms with van der Waals surface area (Å²) in [5.74, 6) is -1.27. The molecular formula is C11H10F3N3O2. The summed E-state index contributed by atoms with van der Waals surface area (Å²) in [5.41, 5.74) is -1.34. The molecule has 19 heavy (non-hydrogen) atoms. The van der Waals surface area contributed by atoms with E-state index in [0.29, 0.717) is 5.56 Å². The highest BCUT2D eigenvalue weighted by atomic mass is 19.4. The van der Waals surface area contributed by atoms with Crippen molar-refractivity contribution in [3.8, 4) is 0 Å². The third-order valence-electron chi connectivity index (χ3n) is 2.35. The summed E-state index contributed by atoms with van der Waals surface area (Å²) in [6, 6.07) is 0. The van der Waals surface area contributed by atoms with Gasteiger partial charge in [-0.25, -0.2) is 14.8 Å². The number of hydrogen-bond donors (Lipinski definition) is 0. The fourth-order valence-corrected chi connectivity index (χ4v) is 1.62. The van der Waals surface area contributed by atoms with Crippen molar-refractivity contribution in [2.24, 2.45) is 0 Å². The number of carbonyl (C=O) groups is 1. The van der Waals surface area contributed by atoms with Crippen molar-refractivity contribution >= 4 is 11.7 Å². The second-order valence-corrected chi connectivity index (χ2v) is 3.83. The van der Waals surface area contributed by atoms with Gasteiger partial charge in [-0.2, -0.15) is 13.2 Å². The van der Waals surface area contributed by atoms with E-state index in [1.54, 1.807) is 6.92 Å². The van der Waals surface area contributed by atoms with Crippen LogP contribution in [0.3, 0.4) is 0 Å². The molecular weight excluding hydrogens is 263 g/mol. The summed E-state index contributed by atoms with van der Waals surface area (Å²) in [6.07, 6.45) is -2.02. The number of halogens is 3. The summed E-state index contributed by atoms with van der Waals surface area (Å²) >= 11 is 0. The van der Waals surface area contributed by atoms with E-state index in [1.165, 1.54) is 19.3 Å². The van der Waals surface area contributed by atoms with Gasteiger partial charge >= 0.3 is 12.1 Å². The summed E-state index contributed by atoms with van der Waals surface area (Å²) < 4.78 is 44.3. The summed E-state index contributed by atoms with van der Waals surface area (Å²) in [5, 5.41) is 0. The zero-order valence-corrected chi connectivity index (χ0v) is 10.2. The average Bonchev–Trinajstić information content (AvgIpc) is 2.67. The van der Waals surface area contributed by atoms with Crippen molar-refractivity contribution in [1.82, 2.24) is 14.4 Å². The van der Waals surface area contributed by atoms with Crippen LogP contribution in [0, 0.1) is 6.92 Å². The molecule has 0 aliphatic rings. The van der Waals surface area contributed by atoms with Crippen LogP contribution < -0.4 is 0 Å². The van der Waals surface area contributed by atoms with E-state index in [0.717, 1.165) is 4.40 Å². The van der Waals surface area contributed by atoms with E-state index < -0.39 is 23.5 Å². The van der Waals surface area contributed by atoms with Gasteiger partial charge in [0, 0.05) is 12.4 Å². The van der Waals surface area contributed by atoms with Crippen LogP contribution in [-0.4, -0.2) is 26.9 Å². The first kappa shape index (κ1) is 13.3. The molecule has 2 aromatic heterocycles. The van der Waals surface area contributed by atoms with Crippen LogP contribution in [0.4, 0.5) is 13.2 Å². The molecule has 2 rings (SSSR count). The van der Waals surface area contributed by atoms with Crippen LogP contribution >= 0.6 is 0 Å². The van der Waals surface area contributed by atoms with Crippen molar-refractivity contribution < 1.29 is 22.7 Å². The summed E-state index contributed by atoms with van der Waals surface area (Å²) in [4.78, 5) is 18.8. The molecule has 0 atom stereocenters. The lowest BCUT2D eigenvalue weighted by Crippen LogP contribution is -2.16. The number of esters is 1. The maximum absolute atomic E-state index is 12.9. The number of imidazole rings is 1. The quantitative estimate of drug-likeness (QED) is 0.787. The predicted molar refractivity (Wildman–Crippen MR) is 58.7 cm³/mol. The largest absolute Gasteiger partial charge is 0.461 e. The van der Waals surface area contributed by atoms with E-state index in [4.69, 9.17) is 0 Å².